The van der Waals surface area contributed by atoms with Gasteiger partial charge in [-0.15, -0.1) is 0 Å². The van der Waals surface area contributed by atoms with Crippen molar-refractivity contribution in [1.29, 1.82) is 0 Å². The van der Waals surface area contributed by atoms with Crippen LogP contribution < -0.4 is 5.32 Å². The first kappa shape index (κ1) is 12.1. The van der Waals surface area contributed by atoms with Gasteiger partial charge in [0, 0.05) is 16.2 Å². The first-order chi connectivity index (χ1) is 7.66. The molecule has 0 amide bonds. The molecule has 16 heavy (non-hydrogen) atoms. The van der Waals surface area contributed by atoms with Crippen molar-refractivity contribution >= 4 is 45.8 Å². The summed E-state index contributed by atoms with van der Waals surface area (Å²) in [5.74, 6) is 1.46. The highest BCUT2D eigenvalue weighted by Gasteiger charge is 2.24. The molecule has 1 aliphatic carbocycles. The van der Waals surface area contributed by atoms with Crippen LogP contribution in [0.15, 0.2) is 12.3 Å². The third-order valence-electron chi connectivity index (χ3n) is 2.51. The van der Waals surface area contributed by atoms with Crippen LogP contribution in [0.4, 0.5) is 5.82 Å². The summed E-state index contributed by atoms with van der Waals surface area (Å²) in [7, 11) is 0. The maximum atomic E-state index is 11.5. The summed E-state index contributed by atoms with van der Waals surface area (Å²) in [4.78, 5) is 15.6. The van der Waals surface area contributed by atoms with E-state index < -0.39 is 0 Å². The number of aromatic nitrogens is 1. The van der Waals surface area contributed by atoms with Crippen molar-refractivity contribution in [3.05, 3.63) is 20.9 Å². The number of Topliss-reactive ketones (excluding diaryl/α,β-unsaturated/α-hetero) is 1. The number of carbonyl (C=O) groups excluding carboxylic acids is 1. The van der Waals surface area contributed by atoms with Gasteiger partial charge in [-0.25, -0.2) is 4.98 Å². The molecule has 0 aromatic carbocycles. The Morgan fingerprint density at radius 2 is 2.38 bits per heavy atom. The SMILES string of the molecule is O=C(CNc1nccc(I)c1Cl)CC1CC1. The molecule has 0 saturated heterocycles. The summed E-state index contributed by atoms with van der Waals surface area (Å²) < 4.78 is 0.936. The summed E-state index contributed by atoms with van der Waals surface area (Å²) >= 11 is 8.19. The van der Waals surface area contributed by atoms with E-state index in [1.165, 1.54) is 12.8 Å². The van der Waals surface area contributed by atoms with Gasteiger partial charge < -0.3 is 5.32 Å². The average Bonchev–Trinajstić information content (AvgIpc) is 3.04. The van der Waals surface area contributed by atoms with E-state index in [1.54, 1.807) is 6.20 Å². The zero-order valence-electron chi connectivity index (χ0n) is 8.67. The molecule has 1 aromatic heterocycles. The third-order valence-corrected chi connectivity index (χ3v) is 4.11. The van der Waals surface area contributed by atoms with Crippen molar-refractivity contribution in [3.63, 3.8) is 0 Å². The van der Waals surface area contributed by atoms with Gasteiger partial charge in [-0.3, -0.25) is 4.79 Å². The van der Waals surface area contributed by atoms with Crippen molar-refractivity contribution in [2.45, 2.75) is 19.3 Å². The Hall–Kier alpha value is -0.360. The maximum Gasteiger partial charge on any atom is 0.152 e. The molecule has 0 spiro atoms. The van der Waals surface area contributed by atoms with E-state index in [4.69, 9.17) is 11.6 Å². The minimum Gasteiger partial charge on any atom is -0.362 e. The predicted molar refractivity (Wildman–Crippen MR) is 72.8 cm³/mol. The number of carbonyl (C=O) groups is 1. The first-order valence-electron chi connectivity index (χ1n) is 5.22. The molecule has 1 heterocycles. The van der Waals surface area contributed by atoms with Crippen LogP contribution >= 0.6 is 34.2 Å². The standard InChI is InChI=1S/C11H12ClIN2O/c12-10-9(13)3-4-14-11(10)15-6-8(16)5-7-1-2-7/h3-4,7H,1-2,5-6H2,(H,14,15). The Balaban J connectivity index is 1.88. The number of rotatable bonds is 5. The number of hydrogen-bond acceptors (Lipinski definition) is 3. The summed E-state index contributed by atoms with van der Waals surface area (Å²) in [5, 5.41) is 3.57. The van der Waals surface area contributed by atoms with Gasteiger partial charge >= 0.3 is 0 Å². The monoisotopic (exact) mass is 350 g/mol. The lowest BCUT2D eigenvalue weighted by molar-refractivity contribution is -0.117. The minimum absolute atomic E-state index is 0.235. The quantitative estimate of drug-likeness (QED) is 0.830. The summed E-state index contributed by atoms with van der Waals surface area (Å²) in [6, 6.07) is 1.83. The fraction of sp³-hybridized carbons (Fsp3) is 0.455. The second-order valence-electron chi connectivity index (χ2n) is 4.00. The molecule has 1 N–H and O–H groups in total. The smallest absolute Gasteiger partial charge is 0.152 e. The normalized spacial score (nSPS) is 14.9. The first-order valence-corrected chi connectivity index (χ1v) is 6.68. The molecule has 0 aliphatic heterocycles. The summed E-state index contributed by atoms with van der Waals surface area (Å²) in [5.41, 5.74) is 0. The molecule has 3 nitrogen and oxygen atoms in total. The predicted octanol–water partition coefficient (Wildman–Crippen LogP) is 3.12. The average molecular weight is 351 g/mol. The van der Waals surface area contributed by atoms with Crippen molar-refractivity contribution in [2.75, 3.05) is 11.9 Å². The number of halogens is 2. The van der Waals surface area contributed by atoms with Crippen molar-refractivity contribution < 1.29 is 4.79 Å². The van der Waals surface area contributed by atoms with E-state index in [0.29, 0.717) is 29.7 Å². The molecule has 0 bridgehead atoms. The molecule has 2 rings (SSSR count). The Kier molecular flexibility index (Phi) is 4.02. The zero-order chi connectivity index (χ0) is 11.5. The Morgan fingerprint density at radius 3 is 3.06 bits per heavy atom. The summed E-state index contributed by atoms with van der Waals surface area (Å²) in [6.07, 6.45) is 4.78. The highest BCUT2D eigenvalue weighted by molar-refractivity contribution is 14.1. The lowest BCUT2D eigenvalue weighted by Crippen LogP contribution is -2.15. The van der Waals surface area contributed by atoms with Gasteiger partial charge in [-0.1, -0.05) is 11.6 Å². The van der Waals surface area contributed by atoms with Crippen LogP contribution in [0, 0.1) is 9.49 Å². The highest BCUT2D eigenvalue weighted by Crippen LogP contribution is 2.32. The zero-order valence-corrected chi connectivity index (χ0v) is 11.6. The van der Waals surface area contributed by atoms with E-state index in [9.17, 15) is 4.79 Å². The van der Waals surface area contributed by atoms with Crippen LogP contribution in [0.1, 0.15) is 19.3 Å². The van der Waals surface area contributed by atoms with Crippen LogP contribution in [0.3, 0.4) is 0 Å². The van der Waals surface area contributed by atoms with Gasteiger partial charge in [0.1, 0.15) is 5.82 Å². The van der Waals surface area contributed by atoms with Gasteiger partial charge in [-0.05, 0) is 47.4 Å². The number of nitrogens with zero attached hydrogens (tertiary/aromatic N) is 1. The fourth-order valence-corrected chi connectivity index (χ4v) is 2.04. The Labute approximate surface area is 113 Å². The lowest BCUT2D eigenvalue weighted by atomic mass is 10.2. The maximum absolute atomic E-state index is 11.5. The third kappa shape index (κ3) is 3.31. The lowest BCUT2D eigenvalue weighted by Gasteiger charge is -2.07. The van der Waals surface area contributed by atoms with E-state index in [-0.39, 0.29) is 5.78 Å². The van der Waals surface area contributed by atoms with Gasteiger partial charge in [-0.2, -0.15) is 0 Å². The highest BCUT2D eigenvalue weighted by atomic mass is 127. The van der Waals surface area contributed by atoms with Crippen LogP contribution in [-0.2, 0) is 4.79 Å². The van der Waals surface area contributed by atoms with Crippen molar-refractivity contribution in [2.24, 2.45) is 5.92 Å². The minimum atomic E-state index is 0.235. The van der Waals surface area contributed by atoms with Gasteiger partial charge in [0.05, 0.1) is 11.6 Å². The second kappa shape index (κ2) is 5.31. The van der Waals surface area contributed by atoms with Crippen LogP contribution in [0.25, 0.3) is 0 Å². The number of pyridine rings is 1. The molecule has 0 unspecified atom stereocenters. The second-order valence-corrected chi connectivity index (χ2v) is 5.54. The number of anilines is 1. The van der Waals surface area contributed by atoms with Gasteiger partial charge in [0.2, 0.25) is 0 Å². The van der Waals surface area contributed by atoms with E-state index in [0.717, 1.165) is 3.57 Å². The number of ketones is 1. The van der Waals surface area contributed by atoms with Gasteiger partial charge in [0.25, 0.3) is 0 Å². The summed E-state index contributed by atoms with van der Waals surface area (Å²) in [6.45, 7) is 0.323. The molecule has 1 aromatic rings. The van der Waals surface area contributed by atoms with Crippen molar-refractivity contribution in [3.8, 4) is 0 Å². The molecule has 1 saturated carbocycles. The van der Waals surface area contributed by atoms with Gasteiger partial charge in [0.15, 0.2) is 5.78 Å². The number of hydrogen-bond donors (Lipinski definition) is 1. The molecule has 86 valence electrons. The van der Waals surface area contributed by atoms with E-state index >= 15 is 0 Å². The Morgan fingerprint density at radius 1 is 1.62 bits per heavy atom. The largest absolute Gasteiger partial charge is 0.362 e. The molecule has 0 radical (unpaired) electrons. The topological polar surface area (TPSA) is 42.0 Å². The molecular formula is C11H12ClIN2O. The molecule has 1 fully saturated rings. The molecular weight excluding hydrogens is 338 g/mol. The van der Waals surface area contributed by atoms with Crippen LogP contribution in [-0.4, -0.2) is 17.3 Å². The van der Waals surface area contributed by atoms with Crippen LogP contribution in [0.2, 0.25) is 5.02 Å². The van der Waals surface area contributed by atoms with Crippen LogP contribution in [0.5, 0.6) is 0 Å². The van der Waals surface area contributed by atoms with E-state index in [2.05, 4.69) is 32.9 Å². The fourth-order valence-electron chi connectivity index (χ4n) is 1.44. The van der Waals surface area contributed by atoms with Crippen molar-refractivity contribution in [1.82, 2.24) is 4.98 Å². The molecule has 5 heteroatoms. The molecule has 0 atom stereocenters. The molecule has 1 aliphatic rings. The number of nitrogens with one attached hydrogen (secondary N) is 1. The van der Waals surface area contributed by atoms with E-state index in [1.807, 2.05) is 6.07 Å². The Bertz CT molecular complexity index is 407.